The van der Waals surface area contributed by atoms with E-state index in [1.165, 1.54) is 4.90 Å². The molecule has 1 fully saturated rings. The van der Waals surface area contributed by atoms with E-state index >= 15 is 0 Å². The average molecular weight is 431 g/mol. The van der Waals surface area contributed by atoms with E-state index in [9.17, 15) is 18.0 Å². The molecule has 0 aromatic heterocycles. The number of nitrogens with one attached hydrogen (secondary N) is 1. The van der Waals surface area contributed by atoms with E-state index in [-0.39, 0.29) is 31.2 Å². The van der Waals surface area contributed by atoms with Crippen molar-refractivity contribution >= 4 is 33.4 Å². The van der Waals surface area contributed by atoms with Crippen LogP contribution in [-0.2, 0) is 19.4 Å². The molecule has 1 aliphatic rings. The number of alkyl carbamates (subject to hydrolysis) is 1. The molecule has 1 aliphatic heterocycles. The summed E-state index contributed by atoms with van der Waals surface area (Å²) in [5.74, 6) is -0.505. The van der Waals surface area contributed by atoms with Crippen LogP contribution in [0.5, 0.6) is 0 Å². The lowest BCUT2D eigenvalue weighted by Gasteiger charge is -2.26. The number of rotatable bonds is 3. The quantitative estimate of drug-likeness (QED) is 0.795. The first-order chi connectivity index (χ1) is 12.9. The van der Waals surface area contributed by atoms with Crippen molar-refractivity contribution in [1.29, 1.82) is 0 Å². The van der Waals surface area contributed by atoms with Crippen molar-refractivity contribution in [2.45, 2.75) is 51.0 Å². The van der Waals surface area contributed by atoms with Gasteiger partial charge in [0.1, 0.15) is 11.6 Å². The number of sulfone groups is 1. The van der Waals surface area contributed by atoms with Crippen molar-refractivity contribution in [3.8, 4) is 0 Å². The van der Waals surface area contributed by atoms with Gasteiger partial charge in [-0.1, -0.05) is 29.8 Å². The Hall–Kier alpha value is -1.80. The van der Waals surface area contributed by atoms with E-state index in [2.05, 4.69) is 5.32 Å². The standard InChI is InChI=1S/C19H27ClN2O5S/c1-13(21-18(24)27-19(2,3)4)17(23)22-10-9-16(28(25,26)12-11-22)14-7-5-6-8-15(14)20/h5-8,13,16H,9-12H2,1-4H3,(H,21,24). The largest absolute Gasteiger partial charge is 0.444 e. The van der Waals surface area contributed by atoms with Gasteiger partial charge in [0.05, 0.1) is 11.0 Å². The normalized spacial score (nSPS) is 20.8. The predicted molar refractivity (Wildman–Crippen MR) is 108 cm³/mol. The lowest BCUT2D eigenvalue weighted by atomic mass is 10.1. The third-order valence-corrected chi connectivity index (χ3v) is 6.86. The van der Waals surface area contributed by atoms with Crippen LogP contribution >= 0.6 is 11.6 Å². The summed E-state index contributed by atoms with van der Waals surface area (Å²) in [6.07, 6.45) is -0.443. The van der Waals surface area contributed by atoms with Gasteiger partial charge in [0, 0.05) is 18.1 Å². The highest BCUT2D eigenvalue weighted by molar-refractivity contribution is 7.91. The molecule has 2 rings (SSSR count). The van der Waals surface area contributed by atoms with Crippen molar-refractivity contribution in [1.82, 2.24) is 10.2 Å². The highest BCUT2D eigenvalue weighted by atomic mass is 35.5. The summed E-state index contributed by atoms with van der Waals surface area (Å²) in [5.41, 5.74) is -0.121. The number of carbonyl (C=O) groups is 2. The lowest BCUT2D eigenvalue weighted by Crippen LogP contribution is -2.48. The summed E-state index contributed by atoms with van der Waals surface area (Å²) in [6.45, 7) is 7.07. The molecule has 1 heterocycles. The minimum absolute atomic E-state index is 0.0719. The molecule has 2 atom stereocenters. The second-order valence-electron chi connectivity index (χ2n) is 7.86. The minimum atomic E-state index is -3.47. The number of carbonyl (C=O) groups excluding carboxylic acids is 2. The maximum atomic E-state index is 12.7. The Bertz CT molecular complexity index is 835. The van der Waals surface area contributed by atoms with Gasteiger partial charge >= 0.3 is 6.09 Å². The maximum Gasteiger partial charge on any atom is 0.408 e. The second kappa shape index (κ2) is 8.69. The van der Waals surface area contributed by atoms with Crippen LogP contribution < -0.4 is 5.32 Å². The summed E-state index contributed by atoms with van der Waals surface area (Å²) in [6, 6.07) is 6.03. The lowest BCUT2D eigenvalue weighted by molar-refractivity contribution is -0.132. The molecular weight excluding hydrogens is 404 g/mol. The van der Waals surface area contributed by atoms with Crippen LogP contribution in [0.4, 0.5) is 4.79 Å². The van der Waals surface area contributed by atoms with Crippen molar-refractivity contribution in [2.75, 3.05) is 18.8 Å². The molecule has 156 valence electrons. The summed E-state index contributed by atoms with van der Waals surface area (Å²) >= 11 is 6.19. The van der Waals surface area contributed by atoms with Gasteiger partial charge in [0.15, 0.2) is 9.84 Å². The van der Waals surface area contributed by atoms with Crippen LogP contribution in [0.15, 0.2) is 24.3 Å². The zero-order valence-corrected chi connectivity index (χ0v) is 18.1. The third kappa shape index (κ3) is 5.85. The number of ether oxygens (including phenoxy) is 1. The predicted octanol–water partition coefficient (Wildman–Crippen LogP) is 2.94. The zero-order valence-electron chi connectivity index (χ0n) is 16.6. The Morgan fingerprint density at radius 1 is 1.25 bits per heavy atom. The highest BCUT2D eigenvalue weighted by Gasteiger charge is 2.35. The molecule has 1 saturated heterocycles. The molecule has 1 N–H and O–H groups in total. The molecular formula is C19H27ClN2O5S. The second-order valence-corrected chi connectivity index (χ2v) is 10.6. The molecule has 1 aromatic carbocycles. The van der Waals surface area contributed by atoms with Crippen LogP contribution in [0.2, 0.25) is 5.02 Å². The van der Waals surface area contributed by atoms with Gasteiger partial charge in [-0.3, -0.25) is 4.79 Å². The number of amides is 2. The highest BCUT2D eigenvalue weighted by Crippen LogP contribution is 2.33. The van der Waals surface area contributed by atoms with Crippen LogP contribution in [-0.4, -0.2) is 55.8 Å². The Morgan fingerprint density at radius 3 is 2.50 bits per heavy atom. The molecule has 2 amide bonds. The molecule has 0 spiro atoms. The van der Waals surface area contributed by atoms with Crippen molar-refractivity contribution in [2.24, 2.45) is 0 Å². The van der Waals surface area contributed by atoms with Crippen molar-refractivity contribution in [3.63, 3.8) is 0 Å². The van der Waals surface area contributed by atoms with E-state index < -0.39 is 32.8 Å². The Labute approximate surface area is 171 Å². The fourth-order valence-electron chi connectivity index (χ4n) is 3.07. The average Bonchev–Trinajstić information content (AvgIpc) is 2.71. The van der Waals surface area contributed by atoms with E-state index in [0.29, 0.717) is 10.6 Å². The minimum Gasteiger partial charge on any atom is -0.444 e. The molecule has 0 bridgehead atoms. The van der Waals surface area contributed by atoms with Gasteiger partial charge in [-0.15, -0.1) is 0 Å². The Morgan fingerprint density at radius 2 is 1.89 bits per heavy atom. The van der Waals surface area contributed by atoms with E-state index in [4.69, 9.17) is 16.3 Å². The van der Waals surface area contributed by atoms with Gasteiger partial charge in [0.25, 0.3) is 0 Å². The molecule has 28 heavy (non-hydrogen) atoms. The summed E-state index contributed by atoms with van der Waals surface area (Å²) in [7, 11) is -3.47. The molecule has 0 radical (unpaired) electrons. The number of halogens is 1. The smallest absolute Gasteiger partial charge is 0.408 e. The Kier molecular flexibility index (Phi) is 6.98. The van der Waals surface area contributed by atoms with Crippen LogP contribution in [0, 0.1) is 0 Å². The molecule has 2 unspecified atom stereocenters. The first kappa shape index (κ1) is 22.5. The molecule has 0 saturated carbocycles. The number of benzene rings is 1. The van der Waals surface area contributed by atoms with Crippen LogP contribution in [0.1, 0.15) is 44.9 Å². The van der Waals surface area contributed by atoms with Gasteiger partial charge in [-0.05, 0) is 45.7 Å². The van der Waals surface area contributed by atoms with Gasteiger partial charge in [-0.25, -0.2) is 13.2 Å². The summed E-state index contributed by atoms with van der Waals surface area (Å²) in [5, 5.41) is 2.15. The van der Waals surface area contributed by atoms with Gasteiger partial charge in [0.2, 0.25) is 5.91 Å². The maximum absolute atomic E-state index is 12.7. The third-order valence-electron chi connectivity index (χ3n) is 4.41. The molecule has 1 aromatic rings. The molecule has 7 nitrogen and oxygen atoms in total. The molecule has 9 heteroatoms. The van der Waals surface area contributed by atoms with E-state index in [1.807, 2.05) is 0 Å². The summed E-state index contributed by atoms with van der Waals surface area (Å²) in [4.78, 5) is 26.1. The monoisotopic (exact) mass is 430 g/mol. The molecule has 0 aliphatic carbocycles. The van der Waals surface area contributed by atoms with Crippen molar-refractivity contribution in [3.05, 3.63) is 34.9 Å². The number of nitrogens with zero attached hydrogens (tertiary/aromatic N) is 1. The zero-order chi connectivity index (χ0) is 21.1. The van der Waals surface area contributed by atoms with Crippen LogP contribution in [0.25, 0.3) is 0 Å². The first-order valence-electron chi connectivity index (χ1n) is 9.15. The van der Waals surface area contributed by atoms with Gasteiger partial charge < -0.3 is 15.0 Å². The SMILES string of the molecule is CC(NC(=O)OC(C)(C)C)C(=O)N1CCC(c2ccccc2Cl)S(=O)(=O)CC1. The van der Waals surface area contributed by atoms with E-state index in [1.54, 1.807) is 52.0 Å². The van der Waals surface area contributed by atoms with Gasteiger partial charge in [-0.2, -0.15) is 0 Å². The number of hydrogen-bond donors (Lipinski definition) is 1. The number of hydrogen-bond acceptors (Lipinski definition) is 5. The van der Waals surface area contributed by atoms with Crippen molar-refractivity contribution < 1.29 is 22.7 Å². The first-order valence-corrected chi connectivity index (χ1v) is 11.2. The fraction of sp³-hybridized carbons (Fsp3) is 0.579. The fourth-order valence-corrected chi connectivity index (χ4v) is 5.22. The topological polar surface area (TPSA) is 92.8 Å². The van der Waals surface area contributed by atoms with Crippen LogP contribution in [0.3, 0.4) is 0 Å². The van der Waals surface area contributed by atoms with E-state index in [0.717, 1.165) is 0 Å². The summed E-state index contributed by atoms with van der Waals surface area (Å²) < 4.78 is 30.6. The Balaban J connectivity index is 2.08.